The minimum Gasteiger partial charge on any atom is -0.392 e. The van der Waals surface area contributed by atoms with Gasteiger partial charge in [0.1, 0.15) is 11.6 Å². The summed E-state index contributed by atoms with van der Waals surface area (Å²) in [7, 11) is 0. The van der Waals surface area contributed by atoms with Gasteiger partial charge in [0, 0.05) is 50.4 Å². The maximum atomic E-state index is 13.7. The van der Waals surface area contributed by atoms with E-state index in [4.69, 9.17) is 0 Å². The molecular weight excluding hydrogens is 302 g/mol. The second kappa shape index (κ2) is 8.15. The fraction of sp³-hybridized carbons (Fsp3) is 0.647. The third-order valence-electron chi connectivity index (χ3n) is 4.41. The molecule has 1 aromatic rings. The van der Waals surface area contributed by atoms with Gasteiger partial charge in [-0.1, -0.05) is 13.0 Å². The predicted octanol–water partition coefficient (Wildman–Crippen LogP) is 1.78. The molecule has 1 heterocycles. The third-order valence-corrected chi connectivity index (χ3v) is 4.41. The molecule has 1 saturated heterocycles. The van der Waals surface area contributed by atoms with Crippen LogP contribution in [-0.4, -0.2) is 64.9 Å². The third kappa shape index (κ3) is 4.94. The van der Waals surface area contributed by atoms with Crippen molar-refractivity contribution in [2.75, 3.05) is 32.7 Å². The van der Waals surface area contributed by atoms with Crippen LogP contribution in [0.25, 0.3) is 0 Å². The molecule has 0 amide bonds. The van der Waals surface area contributed by atoms with Crippen molar-refractivity contribution < 1.29 is 19.0 Å². The van der Waals surface area contributed by atoms with Gasteiger partial charge in [0.25, 0.3) is 0 Å². The van der Waals surface area contributed by atoms with Crippen molar-refractivity contribution in [2.45, 2.75) is 38.5 Å². The van der Waals surface area contributed by atoms with Crippen molar-refractivity contribution in [1.82, 2.24) is 9.80 Å². The first-order valence-corrected chi connectivity index (χ1v) is 8.18. The largest absolute Gasteiger partial charge is 0.392 e. The van der Waals surface area contributed by atoms with Crippen molar-refractivity contribution in [3.8, 4) is 0 Å². The highest BCUT2D eigenvalue weighted by Crippen LogP contribution is 2.21. The van der Waals surface area contributed by atoms with Crippen LogP contribution in [0.15, 0.2) is 18.2 Å². The van der Waals surface area contributed by atoms with Gasteiger partial charge in [-0.3, -0.25) is 9.80 Å². The lowest BCUT2D eigenvalue weighted by Crippen LogP contribution is -2.55. The molecule has 0 unspecified atom stereocenters. The van der Waals surface area contributed by atoms with E-state index >= 15 is 0 Å². The van der Waals surface area contributed by atoms with Crippen molar-refractivity contribution in [3.05, 3.63) is 35.4 Å². The number of hydrogen-bond donors (Lipinski definition) is 2. The minimum atomic E-state index is -0.976. The average molecular weight is 328 g/mol. The Morgan fingerprint density at radius 2 is 1.96 bits per heavy atom. The lowest BCUT2D eigenvalue weighted by atomic mass is 10.1. The van der Waals surface area contributed by atoms with Crippen LogP contribution in [0.2, 0.25) is 0 Å². The van der Waals surface area contributed by atoms with Crippen LogP contribution < -0.4 is 0 Å². The highest BCUT2D eigenvalue weighted by atomic mass is 19.1. The summed E-state index contributed by atoms with van der Waals surface area (Å²) < 4.78 is 26.7. The van der Waals surface area contributed by atoms with Gasteiger partial charge in [-0.15, -0.1) is 0 Å². The maximum absolute atomic E-state index is 13.7. The maximum Gasteiger partial charge on any atom is 0.131 e. The first kappa shape index (κ1) is 18.3. The summed E-state index contributed by atoms with van der Waals surface area (Å²) >= 11 is 0. The molecule has 0 saturated carbocycles. The van der Waals surface area contributed by atoms with Gasteiger partial charge >= 0.3 is 0 Å². The van der Waals surface area contributed by atoms with Crippen LogP contribution in [0.1, 0.15) is 31.9 Å². The highest BCUT2D eigenvalue weighted by molar-refractivity contribution is 5.21. The van der Waals surface area contributed by atoms with Crippen LogP contribution in [0.3, 0.4) is 0 Å². The van der Waals surface area contributed by atoms with E-state index in [2.05, 4.69) is 16.7 Å². The Labute approximate surface area is 136 Å². The number of aliphatic hydroxyl groups excluding tert-OH is 2. The van der Waals surface area contributed by atoms with Crippen molar-refractivity contribution in [3.63, 3.8) is 0 Å². The Kier molecular flexibility index (Phi) is 6.47. The van der Waals surface area contributed by atoms with E-state index in [1.54, 1.807) is 6.92 Å². The molecule has 1 fully saturated rings. The minimum absolute atomic E-state index is 0.130. The Bertz CT molecular complexity index is 513. The zero-order valence-corrected chi connectivity index (χ0v) is 13.8. The lowest BCUT2D eigenvalue weighted by Gasteiger charge is -2.42. The molecule has 1 aliphatic rings. The molecule has 1 aliphatic heterocycles. The Balaban J connectivity index is 1.95. The average Bonchev–Trinajstić information content (AvgIpc) is 2.48. The molecule has 0 radical (unpaired) electrons. The second-order valence-corrected chi connectivity index (χ2v) is 6.35. The SMILES string of the molecule is CC[C@@H]1CN(C[C@@H](O)c2ccc(F)cc2F)CCN1C[C@@H](C)O. The monoisotopic (exact) mass is 328 g/mol. The van der Waals surface area contributed by atoms with Crippen LogP contribution in [0, 0.1) is 11.6 Å². The highest BCUT2D eigenvalue weighted by Gasteiger charge is 2.28. The number of halogens is 2. The van der Waals surface area contributed by atoms with Gasteiger partial charge in [0.05, 0.1) is 12.2 Å². The first-order valence-electron chi connectivity index (χ1n) is 8.18. The van der Waals surface area contributed by atoms with E-state index in [9.17, 15) is 19.0 Å². The molecule has 0 aromatic heterocycles. The molecule has 0 aliphatic carbocycles. The van der Waals surface area contributed by atoms with E-state index in [1.807, 2.05) is 0 Å². The van der Waals surface area contributed by atoms with Crippen LogP contribution in [0.5, 0.6) is 0 Å². The molecule has 0 bridgehead atoms. The Morgan fingerprint density at radius 1 is 1.22 bits per heavy atom. The van der Waals surface area contributed by atoms with E-state index < -0.39 is 17.7 Å². The number of β-amino-alcohol motifs (C(OH)–C–C–N with tert-alkyl or cyclic N) is 2. The molecule has 1 aromatic carbocycles. The van der Waals surface area contributed by atoms with E-state index in [0.29, 0.717) is 19.1 Å². The van der Waals surface area contributed by atoms with Gasteiger partial charge in [-0.2, -0.15) is 0 Å². The molecule has 6 heteroatoms. The Morgan fingerprint density at radius 3 is 2.57 bits per heavy atom. The summed E-state index contributed by atoms with van der Waals surface area (Å²) in [6.45, 7) is 7.16. The molecule has 4 nitrogen and oxygen atoms in total. The summed E-state index contributed by atoms with van der Waals surface area (Å²) in [6.07, 6.45) is -0.393. The van der Waals surface area contributed by atoms with Crippen molar-refractivity contribution in [1.29, 1.82) is 0 Å². The molecule has 23 heavy (non-hydrogen) atoms. The van der Waals surface area contributed by atoms with Gasteiger partial charge in [-0.05, 0) is 19.4 Å². The van der Waals surface area contributed by atoms with Crippen molar-refractivity contribution >= 4 is 0 Å². The van der Waals surface area contributed by atoms with Crippen LogP contribution >= 0.6 is 0 Å². The zero-order chi connectivity index (χ0) is 17.0. The Hall–Kier alpha value is -1.08. The van der Waals surface area contributed by atoms with Gasteiger partial charge < -0.3 is 10.2 Å². The smallest absolute Gasteiger partial charge is 0.131 e. The number of rotatable bonds is 6. The number of benzene rings is 1. The number of aliphatic hydroxyl groups is 2. The summed E-state index contributed by atoms with van der Waals surface area (Å²) in [6, 6.07) is 3.57. The molecule has 3 atom stereocenters. The van der Waals surface area contributed by atoms with E-state index in [0.717, 1.165) is 38.2 Å². The lowest BCUT2D eigenvalue weighted by molar-refractivity contribution is 0.0165. The number of hydrogen-bond acceptors (Lipinski definition) is 4. The molecule has 2 rings (SSSR count). The summed E-state index contributed by atoms with van der Waals surface area (Å²) in [4.78, 5) is 4.35. The standard InChI is InChI=1S/C17H26F2N2O2/c1-3-14-10-20(6-7-21(14)9-12(2)22)11-17(23)15-5-4-13(18)8-16(15)19/h4-5,8,12,14,17,22-23H,3,6-7,9-11H2,1-2H3/t12-,14-,17-/m1/s1. The molecule has 0 spiro atoms. The quantitative estimate of drug-likeness (QED) is 0.836. The van der Waals surface area contributed by atoms with Crippen molar-refractivity contribution in [2.24, 2.45) is 0 Å². The van der Waals surface area contributed by atoms with Gasteiger partial charge in [0.15, 0.2) is 0 Å². The predicted molar refractivity (Wildman–Crippen MR) is 85.1 cm³/mol. The summed E-state index contributed by atoms with van der Waals surface area (Å²) in [5.41, 5.74) is 0.130. The first-order chi connectivity index (χ1) is 10.9. The number of nitrogens with zero attached hydrogens (tertiary/aromatic N) is 2. The normalized spacial score (nSPS) is 23.0. The molecular formula is C17H26F2N2O2. The summed E-state index contributed by atoms with van der Waals surface area (Å²) in [5, 5.41) is 19.8. The van der Waals surface area contributed by atoms with Gasteiger partial charge in [-0.25, -0.2) is 8.78 Å². The summed E-state index contributed by atoms with van der Waals surface area (Å²) in [5.74, 6) is -1.35. The van der Waals surface area contributed by atoms with Crippen LogP contribution in [0.4, 0.5) is 8.78 Å². The van der Waals surface area contributed by atoms with E-state index in [1.165, 1.54) is 6.07 Å². The topological polar surface area (TPSA) is 46.9 Å². The number of piperazine rings is 1. The van der Waals surface area contributed by atoms with Gasteiger partial charge in [0.2, 0.25) is 0 Å². The fourth-order valence-electron chi connectivity index (χ4n) is 3.20. The molecule has 130 valence electrons. The van der Waals surface area contributed by atoms with Crippen LogP contribution in [-0.2, 0) is 0 Å². The van der Waals surface area contributed by atoms with E-state index in [-0.39, 0.29) is 11.7 Å². The second-order valence-electron chi connectivity index (χ2n) is 6.35. The zero-order valence-electron chi connectivity index (χ0n) is 13.8. The molecule has 2 N–H and O–H groups in total. The fourth-order valence-corrected chi connectivity index (χ4v) is 3.20.